The van der Waals surface area contributed by atoms with Crippen LogP contribution in [-0.4, -0.2) is 44.4 Å². The Kier molecular flexibility index (Phi) is 13.4. The molecule has 0 atom stereocenters. The summed E-state index contributed by atoms with van der Waals surface area (Å²) < 4.78 is 17.1. The third-order valence-corrected chi connectivity index (χ3v) is 8.36. The van der Waals surface area contributed by atoms with Gasteiger partial charge in [-0.3, -0.25) is 5.32 Å². The lowest BCUT2D eigenvalue weighted by atomic mass is 10.0. The van der Waals surface area contributed by atoms with Crippen LogP contribution < -0.4 is 22.5 Å². The van der Waals surface area contributed by atoms with E-state index in [0.29, 0.717) is 40.2 Å². The van der Waals surface area contributed by atoms with E-state index in [1.54, 1.807) is 22.8 Å². The van der Waals surface area contributed by atoms with Crippen LogP contribution in [0.3, 0.4) is 0 Å². The van der Waals surface area contributed by atoms with Crippen molar-refractivity contribution in [3.05, 3.63) is 118 Å². The molecule has 0 aliphatic heterocycles. The number of nitrogens with zero attached hydrogens (tertiary/aromatic N) is 4. The van der Waals surface area contributed by atoms with Gasteiger partial charge in [0.25, 0.3) is 0 Å². The predicted octanol–water partition coefficient (Wildman–Crippen LogP) is 8.36. The fourth-order valence-corrected chi connectivity index (χ4v) is 5.66. The van der Waals surface area contributed by atoms with Gasteiger partial charge in [0.1, 0.15) is 11.4 Å². The Labute approximate surface area is 323 Å². The number of hydrogen-bond donors (Lipinski definition) is 4. The third kappa shape index (κ3) is 11.1. The maximum Gasteiger partial charge on any atom is 0.412 e. The molecular weight excluding hydrogens is 752 g/mol. The summed E-state index contributed by atoms with van der Waals surface area (Å²) in [6.45, 7) is 13.3. The number of rotatable bonds is 6. The number of nitrogen functional groups attached to an aromatic ring is 3. The quantitative estimate of drug-likeness (QED) is 0.0717. The number of aromatic nitrogens is 4. The number of benzene rings is 3. The molecule has 0 saturated heterocycles. The number of carbonyl (C=O) groups excluding carboxylic acids is 2. The molecule has 0 aliphatic rings. The number of furan rings is 1. The number of ether oxygens (including phenoxy) is 2. The van der Waals surface area contributed by atoms with Gasteiger partial charge in [-0.2, -0.15) is 19.6 Å². The number of amides is 1. The first-order valence-electron chi connectivity index (χ1n) is 17.0. The number of fused-ring (bicyclic) bond motifs is 1. The molecule has 13 nitrogen and oxygen atoms in total. The second-order valence-corrected chi connectivity index (χ2v) is 14.2. The molecule has 0 aliphatic carbocycles. The second-order valence-electron chi connectivity index (χ2n) is 13.6. The van der Waals surface area contributed by atoms with E-state index in [9.17, 15) is 9.59 Å². The van der Waals surface area contributed by atoms with Crippen molar-refractivity contribution in [2.45, 2.75) is 65.8 Å². The number of carbonyl (C=O) groups is 2. The van der Waals surface area contributed by atoms with Crippen LogP contribution in [0.4, 0.5) is 27.8 Å². The van der Waals surface area contributed by atoms with Crippen LogP contribution >= 0.6 is 15.9 Å². The molecule has 0 saturated carbocycles. The topological polar surface area (TPSA) is 199 Å². The van der Waals surface area contributed by atoms with E-state index in [4.69, 9.17) is 26.4 Å². The number of nitrogens with one attached hydrogen (secondary N) is 1. The summed E-state index contributed by atoms with van der Waals surface area (Å²) in [7, 11) is 1.34. The van der Waals surface area contributed by atoms with E-state index >= 15 is 0 Å². The molecule has 54 heavy (non-hydrogen) atoms. The fraction of sp³-hybridized carbons (Fsp3) is 0.275. The number of halogens is 1. The van der Waals surface area contributed by atoms with Crippen molar-refractivity contribution in [1.29, 1.82) is 0 Å². The molecule has 1 amide bonds. The fourth-order valence-electron chi connectivity index (χ4n) is 5.20. The van der Waals surface area contributed by atoms with Gasteiger partial charge >= 0.3 is 12.1 Å². The molecular formula is C40H47BrN8O5. The average Bonchev–Trinajstić information content (AvgIpc) is 3.73. The summed E-state index contributed by atoms with van der Waals surface area (Å²) in [6, 6.07) is 20.8. The van der Waals surface area contributed by atoms with Crippen LogP contribution in [0.25, 0.3) is 17.2 Å². The van der Waals surface area contributed by atoms with E-state index < -0.39 is 17.7 Å². The van der Waals surface area contributed by atoms with E-state index in [2.05, 4.69) is 47.1 Å². The Balaban J connectivity index is 0.000000195. The number of alkyl halides is 1. The van der Waals surface area contributed by atoms with Gasteiger partial charge in [-0.1, -0.05) is 63.0 Å². The molecule has 6 aromatic rings. The SMILES string of the molecule is COC(=O)c1cc(C)ccc1N.Cc1ccc(N)c(Cc2cnn3c(-c4ccc(C)o4)nc(N)nc23)c1.Cc1ccc(NC(=O)OC(C)(C)C)c(CBr)c1. The van der Waals surface area contributed by atoms with Gasteiger partial charge in [-0.05, 0) is 96.0 Å². The van der Waals surface area contributed by atoms with Crippen LogP contribution in [0, 0.1) is 27.7 Å². The highest BCUT2D eigenvalue weighted by Crippen LogP contribution is 2.26. The van der Waals surface area contributed by atoms with Crippen LogP contribution in [0.5, 0.6) is 0 Å². The van der Waals surface area contributed by atoms with Gasteiger partial charge in [0.05, 0.1) is 18.9 Å². The lowest BCUT2D eigenvalue weighted by molar-refractivity contribution is 0.0599. The summed E-state index contributed by atoms with van der Waals surface area (Å²) in [5, 5.41) is 7.88. The van der Waals surface area contributed by atoms with Gasteiger partial charge < -0.3 is 31.1 Å². The molecule has 14 heteroatoms. The number of aryl methyl sites for hydroxylation is 4. The monoisotopic (exact) mass is 798 g/mol. The first-order chi connectivity index (χ1) is 25.5. The zero-order chi connectivity index (χ0) is 39.7. The number of methoxy groups -OCH3 is 1. The van der Waals surface area contributed by atoms with Crippen LogP contribution in [0.1, 0.15) is 70.3 Å². The maximum atomic E-state index is 11.6. The minimum Gasteiger partial charge on any atom is -0.465 e. The highest BCUT2D eigenvalue weighted by molar-refractivity contribution is 9.08. The van der Waals surface area contributed by atoms with Crippen molar-refractivity contribution in [2.24, 2.45) is 0 Å². The van der Waals surface area contributed by atoms with E-state index in [0.717, 1.165) is 50.5 Å². The first kappa shape index (κ1) is 40.9. The molecule has 6 rings (SSSR count). The summed E-state index contributed by atoms with van der Waals surface area (Å²) in [5.41, 5.74) is 26.5. The lowest BCUT2D eigenvalue weighted by Gasteiger charge is -2.20. The standard InChI is InChI=1S/C18H18N6O.C13H18BrNO2.C9H11NO2/c1-10-3-5-14(19)12(7-10)8-13-9-21-24-16(13)22-18(20)23-17(24)15-6-4-11(2)25-15;1-9-5-6-11(10(7-9)8-14)15-12(16)17-13(2,3)4;1-6-3-4-8(10)7(5-6)9(11)12-2/h3-7,9H,8,19H2,1-2H3,(H2,20,22);5-7H,8H2,1-4H3,(H,15,16);3-5H,10H2,1-2H3. The molecule has 0 unspecified atom stereocenters. The van der Waals surface area contributed by atoms with Gasteiger partial charge in [-0.25, -0.2) is 9.59 Å². The van der Waals surface area contributed by atoms with Crippen molar-refractivity contribution >= 4 is 56.7 Å². The summed E-state index contributed by atoms with van der Waals surface area (Å²) in [5.74, 6) is 1.70. The van der Waals surface area contributed by atoms with Crippen LogP contribution in [0.2, 0.25) is 0 Å². The molecule has 3 heterocycles. The molecule has 0 spiro atoms. The van der Waals surface area contributed by atoms with Crippen LogP contribution in [-0.2, 0) is 21.2 Å². The third-order valence-electron chi connectivity index (χ3n) is 7.75. The van der Waals surface area contributed by atoms with Crippen molar-refractivity contribution in [3.63, 3.8) is 0 Å². The Bertz CT molecular complexity index is 2260. The van der Waals surface area contributed by atoms with E-state index in [1.165, 1.54) is 7.11 Å². The van der Waals surface area contributed by atoms with Gasteiger partial charge in [0.15, 0.2) is 11.4 Å². The molecule has 0 radical (unpaired) electrons. The summed E-state index contributed by atoms with van der Waals surface area (Å²) >= 11 is 3.40. The molecule has 284 valence electrons. The average molecular weight is 800 g/mol. The smallest absolute Gasteiger partial charge is 0.412 e. The van der Waals surface area contributed by atoms with Crippen molar-refractivity contribution in [3.8, 4) is 11.6 Å². The minimum atomic E-state index is -0.483. The number of nitrogens with two attached hydrogens (primary N) is 3. The maximum absolute atomic E-state index is 11.6. The highest BCUT2D eigenvalue weighted by Gasteiger charge is 2.18. The van der Waals surface area contributed by atoms with E-state index in [-0.39, 0.29) is 5.95 Å². The predicted molar refractivity (Wildman–Crippen MR) is 217 cm³/mol. The number of hydrogen-bond acceptors (Lipinski definition) is 11. The summed E-state index contributed by atoms with van der Waals surface area (Å²) in [4.78, 5) is 31.4. The second kappa shape index (κ2) is 17.8. The van der Waals surface area contributed by atoms with Gasteiger partial charge in [0.2, 0.25) is 11.8 Å². The van der Waals surface area contributed by atoms with Crippen molar-refractivity contribution in [2.75, 3.05) is 29.6 Å². The molecule has 3 aromatic heterocycles. The van der Waals surface area contributed by atoms with Crippen LogP contribution in [0.15, 0.2) is 77.3 Å². The Morgan fingerprint density at radius 3 is 2.07 bits per heavy atom. The molecule has 0 fully saturated rings. The Morgan fingerprint density at radius 2 is 1.46 bits per heavy atom. The van der Waals surface area contributed by atoms with Gasteiger partial charge in [-0.15, -0.1) is 0 Å². The largest absolute Gasteiger partial charge is 0.465 e. The zero-order valence-corrected chi connectivity index (χ0v) is 33.4. The van der Waals surface area contributed by atoms with Crippen molar-refractivity contribution in [1.82, 2.24) is 19.6 Å². The van der Waals surface area contributed by atoms with E-state index in [1.807, 2.05) is 97.0 Å². The zero-order valence-electron chi connectivity index (χ0n) is 31.8. The highest BCUT2D eigenvalue weighted by atomic mass is 79.9. The van der Waals surface area contributed by atoms with Gasteiger partial charge in [0, 0.05) is 34.4 Å². The molecule has 3 aromatic carbocycles. The first-order valence-corrected chi connectivity index (χ1v) is 18.1. The number of esters is 1. The molecule has 0 bridgehead atoms. The lowest BCUT2D eigenvalue weighted by Crippen LogP contribution is -2.27. The number of anilines is 4. The Morgan fingerprint density at radius 1 is 0.833 bits per heavy atom. The molecule has 7 N–H and O–H groups in total. The summed E-state index contributed by atoms with van der Waals surface area (Å²) in [6.07, 6.45) is 1.96. The normalized spacial score (nSPS) is 10.8. The minimum absolute atomic E-state index is 0.176. The van der Waals surface area contributed by atoms with Crippen molar-refractivity contribution < 1.29 is 23.5 Å². The Hall–Kier alpha value is -5.89.